The number of nitrogens with one attached hydrogen (secondary N) is 1. The fourth-order valence-corrected chi connectivity index (χ4v) is 2.44. The molecule has 7 nitrogen and oxygen atoms in total. The van der Waals surface area contributed by atoms with Gasteiger partial charge in [-0.05, 0) is 42.5 Å². The topological polar surface area (TPSA) is 118 Å². The lowest BCUT2D eigenvalue weighted by Crippen LogP contribution is -2.26. The molecule has 13 heteroatoms. The van der Waals surface area contributed by atoms with Crippen LogP contribution in [-0.4, -0.2) is 35.9 Å². The fraction of sp³-hybridized carbons (Fsp3) is 0.143. The molecule has 2 aromatic carbocycles. The zero-order valence-corrected chi connectivity index (χ0v) is 17.4. The molecule has 0 aliphatic heterocycles. The number of carbonyl (C=O) groups excluding carboxylic acids is 1. The van der Waals surface area contributed by atoms with Gasteiger partial charge in [0.05, 0.1) is 17.6 Å². The highest BCUT2D eigenvalue weighted by atomic mass is 19.4. The molecule has 0 bridgehead atoms. The number of halogens is 6. The zero-order valence-electron chi connectivity index (χ0n) is 17.4. The van der Waals surface area contributed by atoms with Crippen LogP contribution in [0.15, 0.2) is 75.4 Å². The SMILES string of the molecule is CC(=O)Nc1cccc(C(C=Nc2ccc(N=C(C=C(N)C(F)(F)F)C(F)(F)F)cc2)=NN)c1. The van der Waals surface area contributed by atoms with E-state index in [1.807, 2.05) is 0 Å². The van der Waals surface area contributed by atoms with Crippen LogP contribution in [0.4, 0.5) is 43.4 Å². The normalized spacial score (nSPS) is 13.9. The van der Waals surface area contributed by atoms with Gasteiger partial charge in [-0.2, -0.15) is 31.4 Å². The lowest BCUT2D eigenvalue weighted by atomic mass is 10.1. The number of hydrogen-bond acceptors (Lipinski definition) is 6. The van der Waals surface area contributed by atoms with Crippen LogP contribution in [0.2, 0.25) is 0 Å². The lowest BCUT2D eigenvalue weighted by Gasteiger charge is -2.10. The van der Waals surface area contributed by atoms with E-state index < -0.39 is 23.8 Å². The maximum atomic E-state index is 13.1. The number of hydrogen-bond donors (Lipinski definition) is 3. The molecule has 180 valence electrons. The summed E-state index contributed by atoms with van der Waals surface area (Å²) in [6, 6.07) is 11.4. The number of hydrazone groups is 1. The van der Waals surface area contributed by atoms with Gasteiger partial charge in [0.2, 0.25) is 5.91 Å². The highest BCUT2D eigenvalue weighted by Gasteiger charge is 2.38. The Kier molecular flexibility index (Phi) is 8.16. The molecular formula is C21H18F6N6O. The van der Waals surface area contributed by atoms with Crippen molar-refractivity contribution in [1.29, 1.82) is 0 Å². The third-order valence-electron chi connectivity index (χ3n) is 3.96. The highest BCUT2D eigenvalue weighted by molar-refractivity contribution is 6.38. The summed E-state index contributed by atoms with van der Waals surface area (Å²) < 4.78 is 76.7. The molecule has 5 N–H and O–H groups in total. The van der Waals surface area contributed by atoms with Gasteiger partial charge < -0.3 is 16.9 Å². The molecule has 2 aromatic rings. The van der Waals surface area contributed by atoms with Crippen molar-refractivity contribution in [2.45, 2.75) is 19.3 Å². The molecule has 34 heavy (non-hydrogen) atoms. The van der Waals surface area contributed by atoms with Gasteiger partial charge in [0.25, 0.3) is 0 Å². The van der Waals surface area contributed by atoms with E-state index in [0.29, 0.717) is 11.3 Å². The van der Waals surface area contributed by atoms with Crippen molar-refractivity contribution in [3.05, 3.63) is 65.9 Å². The van der Waals surface area contributed by atoms with E-state index in [2.05, 4.69) is 26.1 Å². The summed E-state index contributed by atoms with van der Waals surface area (Å²) >= 11 is 0. The van der Waals surface area contributed by atoms with Gasteiger partial charge >= 0.3 is 12.4 Å². The van der Waals surface area contributed by atoms with Crippen LogP contribution in [-0.2, 0) is 4.79 Å². The van der Waals surface area contributed by atoms with Crippen molar-refractivity contribution in [3.8, 4) is 0 Å². The molecule has 0 fully saturated rings. The molecule has 0 unspecified atom stereocenters. The molecular weight excluding hydrogens is 466 g/mol. The number of rotatable bonds is 6. The lowest BCUT2D eigenvalue weighted by molar-refractivity contribution is -0.114. The number of aliphatic imine (C=N–C) groups is 2. The number of alkyl halides is 6. The Morgan fingerprint density at radius 1 is 0.971 bits per heavy atom. The summed E-state index contributed by atoms with van der Waals surface area (Å²) in [6.45, 7) is 1.35. The molecule has 0 aliphatic rings. The number of amides is 1. The number of nitrogens with two attached hydrogens (primary N) is 2. The first-order valence-corrected chi connectivity index (χ1v) is 9.30. The van der Waals surface area contributed by atoms with Crippen LogP contribution in [0.5, 0.6) is 0 Å². The van der Waals surface area contributed by atoms with Crippen LogP contribution in [0, 0.1) is 0 Å². The molecule has 0 spiro atoms. The van der Waals surface area contributed by atoms with Crippen molar-refractivity contribution < 1.29 is 31.1 Å². The summed E-state index contributed by atoms with van der Waals surface area (Å²) in [5, 5.41) is 6.23. The fourth-order valence-electron chi connectivity index (χ4n) is 2.44. The van der Waals surface area contributed by atoms with E-state index in [4.69, 9.17) is 5.84 Å². The van der Waals surface area contributed by atoms with Gasteiger partial charge in [-0.25, -0.2) is 4.99 Å². The third kappa shape index (κ3) is 7.76. The van der Waals surface area contributed by atoms with Crippen LogP contribution in [0.3, 0.4) is 0 Å². The van der Waals surface area contributed by atoms with Crippen LogP contribution in [0.25, 0.3) is 0 Å². The van der Waals surface area contributed by atoms with E-state index in [1.54, 1.807) is 24.3 Å². The van der Waals surface area contributed by atoms with Gasteiger partial charge in [-0.1, -0.05) is 12.1 Å². The minimum Gasteiger partial charge on any atom is -0.395 e. The van der Waals surface area contributed by atoms with E-state index in [9.17, 15) is 31.1 Å². The molecule has 0 radical (unpaired) electrons. The Morgan fingerprint density at radius 3 is 2.12 bits per heavy atom. The smallest absolute Gasteiger partial charge is 0.395 e. The minimum absolute atomic E-state index is 0.237. The minimum atomic E-state index is -5.16. The molecule has 2 rings (SSSR count). The van der Waals surface area contributed by atoms with Crippen LogP contribution < -0.4 is 16.9 Å². The van der Waals surface area contributed by atoms with Gasteiger partial charge in [-0.3, -0.25) is 9.79 Å². The Morgan fingerprint density at radius 2 is 1.59 bits per heavy atom. The second kappa shape index (κ2) is 10.6. The van der Waals surface area contributed by atoms with Crippen molar-refractivity contribution >= 4 is 40.6 Å². The Hall–Kier alpha value is -4.16. The van der Waals surface area contributed by atoms with Crippen LogP contribution in [0.1, 0.15) is 12.5 Å². The first kappa shape index (κ1) is 26.1. The predicted molar refractivity (Wildman–Crippen MR) is 118 cm³/mol. The number of anilines is 1. The zero-order chi connectivity index (χ0) is 25.5. The quantitative estimate of drug-likeness (QED) is 0.238. The predicted octanol–water partition coefficient (Wildman–Crippen LogP) is 4.75. The summed E-state index contributed by atoms with van der Waals surface area (Å²) in [5.74, 6) is 5.13. The van der Waals surface area contributed by atoms with Crippen LogP contribution >= 0.6 is 0 Å². The summed E-state index contributed by atoms with van der Waals surface area (Å²) in [7, 11) is 0. The highest BCUT2D eigenvalue weighted by Crippen LogP contribution is 2.27. The van der Waals surface area contributed by atoms with E-state index in [-0.39, 0.29) is 29.1 Å². The molecule has 0 heterocycles. The maximum Gasteiger partial charge on any atom is 0.433 e. The monoisotopic (exact) mass is 484 g/mol. The Bertz CT molecular complexity index is 1150. The van der Waals surface area contributed by atoms with Crippen molar-refractivity contribution in [3.63, 3.8) is 0 Å². The van der Waals surface area contributed by atoms with Gasteiger partial charge in [0.15, 0.2) is 0 Å². The first-order valence-electron chi connectivity index (χ1n) is 9.30. The van der Waals surface area contributed by atoms with E-state index in [0.717, 1.165) is 12.1 Å². The molecule has 0 aromatic heterocycles. The first-order chi connectivity index (χ1) is 15.8. The standard InChI is InChI=1S/C21H18F6N6O/c1-12(34)31-16-4-2-3-13(9-16)17(33-29)11-30-14-5-7-15(8-6-14)32-19(21(25,26)27)10-18(28)20(22,23)24/h2-11H,28-29H2,1H3,(H,31,34). The molecule has 0 atom stereocenters. The molecule has 1 amide bonds. The number of nitrogens with zero attached hydrogens (tertiary/aromatic N) is 3. The summed E-state index contributed by atoms with van der Waals surface area (Å²) in [5.41, 5.74) is 2.22. The van der Waals surface area contributed by atoms with Gasteiger partial charge in [-0.15, -0.1) is 0 Å². The van der Waals surface area contributed by atoms with E-state index >= 15 is 0 Å². The van der Waals surface area contributed by atoms with Crippen molar-refractivity contribution in [1.82, 2.24) is 0 Å². The Labute approximate surface area is 189 Å². The number of carbonyl (C=O) groups is 1. The molecule has 0 saturated heterocycles. The Balaban J connectivity index is 2.27. The molecule has 0 aliphatic carbocycles. The third-order valence-corrected chi connectivity index (χ3v) is 3.96. The number of allylic oxidation sites excluding steroid dienone is 2. The molecule has 0 saturated carbocycles. The summed E-state index contributed by atoms with van der Waals surface area (Å²) in [6.07, 6.45) is -9.27. The van der Waals surface area contributed by atoms with Gasteiger partial charge in [0, 0.05) is 18.2 Å². The van der Waals surface area contributed by atoms with Crippen molar-refractivity contribution in [2.75, 3.05) is 5.32 Å². The largest absolute Gasteiger partial charge is 0.433 e. The average molecular weight is 484 g/mol. The second-order valence-electron chi connectivity index (χ2n) is 6.64. The summed E-state index contributed by atoms with van der Waals surface area (Å²) in [4.78, 5) is 18.5. The van der Waals surface area contributed by atoms with Gasteiger partial charge in [0.1, 0.15) is 17.1 Å². The number of benzene rings is 2. The second-order valence-corrected chi connectivity index (χ2v) is 6.64. The maximum absolute atomic E-state index is 13.1. The average Bonchev–Trinajstić information content (AvgIpc) is 2.73. The van der Waals surface area contributed by atoms with Crippen molar-refractivity contribution in [2.24, 2.45) is 26.7 Å². The van der Waals surface area contributed by atoms with E-state index in [1.165, 1.54) is 25.3 Å².